The molecule has 118 valence electrons. The van der Waals surface area contributed by atoms with E-state index in [1.54, 1.807) is 13.8 Å². The van der Waals surface area contributed by atoms with E-state index in [-0.39, 0.29) is 18.6 Å². The van der Waals surface area contributed by atoms with Crippen LogP contribution in [0.15, 0.2) is 0 Å². The Labute approximate surface area is 120 Å². The summed E-state index contributed by atoms with van der Waals surface area (Å²) in [5.41, 5.74) is -0.789. The molecule has 0 amide bonds. The monoisotopic (exact) mass is 308 g/mol. The molecule has 20 heavy (non-hydrogen) atoms. The molecule has 1 aliphatic heterocycles. The number of aliphatic hydroxyl groups is 1. The highest BCUT2D eigenvalue weighted by atomic mass is 32.2. The average molecular weight is 308 g/mol. The molecule has 1 rings (SSSR count). The summed E-state index contributed by atoms with van der Waals surface area (Å²) in [6.07, 6.45) is 0.0133. The minimum atomic E-state index is -3.37. The Bertz CT molecular complexity index is 422. The number of rotatable bonds is 7. The van der Waals surface area contributed by atoms with Gasteiger partial charge >= 0.3 is 5.97 Å². The van der Waals surface area contributed by atoms with Crippen molar-refractivity contribution in [2.24, 2.45) is 0 Å². The van der Waals surface area contributed by atoms with E-state index in [0.717, 1.165) is 0 Å². The Kier molecular flexibility index (Phi) is 5.93. The topological polar surface area (TPSA) is 98.2 Å². The fraction of sp³-hybridized carbons (Fsp3) is 0.917. The van der Waals surface area contributed by atoms with Gasteiger partial charge in [0.25, 0.3) is 0 Å². The Morgan fingerprint density at radius 1 is 1.20 bits per heavy atom. The SMILES string of the molecule is CC(C)(O)CN1CCN(S(=O)(=O)CCCC(=O)O)CC1. The summed E-state index contributed by atoms with van der Waals surface area (Å²) in [4.78, 5) is 12.4. The zero-order valence-electron chi connectivity index (χ0n) is 12.1. The van der Waals surface area contributed by atoms with Crippen LogP contribution in [0.1, 0.15) is 26.7 Å². The van der Waals surface area contributed by atoms with Gasteiger partial charge in [-0.25, -0.2) is 8.42 Å². The first-order valence-electron chi connectivity index (χ1n) is 6.74. The molecule has 1 saturated heterocycles. The molecule has 0 aromatic carbocycles. The highest BCUT2D eigenvalue weighted by molar-refractivity contribution is 7.89. The van der Waals surface area contributed by atoms with Gasteiger partial charge in [-0.05, 0) is 20.3 Å². The Hall–Kier alpha value is -0.700. The van der Waals surface area contributed by atoms with Gasteiger partial charge in [0.1, 0.15) is 0 Å². The summed E-state index contributed by atoms with van der Waals surface area (Å²) in [6, 6.07) is 0. The van der Waals surface area contributed by atoms with Crippen LogP contribution in [0.25, 0.3) is 0 Å². The van der Waals surface area contributed by atoms with Crippen LogP contribution in [-0.2, 0) is 14.8 Å². The van der Waals surface area contributed by atoms with Gasteiger partial charge < -0.3 is 10.2 Å². The predicted octanol–water partition coefficient (Wildman–Crippen LogP) is -0.430. The third kappa shape index (κ3) is 6.17. The van der Waals surface area contributed by atoms with Gasteiger partial charge in [-0.15, -0.1) is 0 Å². The molecule has 7 nitrogen and oxygen atoms in total. The minimum absolute atomic E-state index is 0.120. The molecule has 1 heterocycles. The molecule has 0 bridgehead atoms. The van der Waals surface area contributed by atoms with E-state index in [2.05, 4.69) is 0 Å². The van der Waals surface area contributed by atoms with Gasteiger partial charge in [-0.2, -0.15) is 4.31 Å². The van der Waals surface area contributed by atoms with Gasteiger partial charge in [-0.3, -0.25) is 9.69 Å². The van der Waals surface area contributed by atoms with Crippen molar-refractivity contribution in [2.75, 3.05) is 38.5 Å². The lowest BCUT2D eigenvalue weighted by Crippen LogP contribution is -2.52. The number of piperazine rings is 1. The van der Waals surface area contributed by atoms with Crippen molar-refractivity contribution < 1.29 is 23.4 Å². The molecule has 1 fully saturated rings. The Balaban J connectivity index is 2.42. The average Bonchev–Trinajstić information content (AvgIpc) is 2.26. The molecular formula is C12H24N2O5S. The maximum absolute atomic E-state index is 12.0. The van der Waals surface area contributed by atoms with Gasteiger partial charge in [0.2, 0.25) is 10.0 Å². The molecular weight excluding hydrogens is 284 g/mol. The first-order chi connectivity index (χ1) is 9.10. The zero-order valence-corrected chi connectivity index (χ0v) is 12.9. The number of β-amino-alcohol motifs (C(OH)–C–C–N with tert-alkyl or cyclic N) is 1. The van der Waals surface area contributed by atoms with E-state index in [0.29, 0.717) is 32.7 Å². The van der Waals surface area contributed by atoms with Crippen LogP contribution in [0.2, 0.25) is 0 Å². The van der Waals surface area contributed by atoms with Crippen LogP contribution >= 0.6 is 0 Å². The summed E-state index contributed by atoms with van der Waals surface area (Å²) < 4.78 is 25.5. The summed E-state index contributed by atoms with van der Waals surface area (Å²) in [7, 11) is -3.37. The minimum Gasteiger partial charge on any atom is -0.481 e. The molecule has 0 radical (unpaired) electrons. The first kappa shape index (κ1) is 17.4. The van der Waals surface area contributed by atoms with Crippen molar-refractivity contribution in [1.82, 2.24) is 9.21 Å². The van der Waals surface area contributed by atoms with Gasteiger partial charge in [0.05, 0.1) is 11.4 Å². The lowest BCUT2D eigenvalue weighted by atomic mass is 10.1. The van der Waals surface area contributed by atoms with E-state index in [4.69, 9.17) is 5.11 Å². The number of hydrogen-bond donors (Lipinski definition) is 2. The molecule has 1 aliphatic rings. The van der Waals surface area contributed by atoms with Crippen molar-refractivity contribution in [3.05, 3.63) is 0 Å². The van der Waals surface area contributed by atoms with E-state index >= 15 is 0 Å². The van der Waals surface area contributed by atoms with Crippen molar-refractivity contribution in [1.29, 1.82) is 0 Å². The van der Waals surface area contributed by atoms with Crippen LogP contribution in [-0.4, -0.2) is 77.9 Å². The number of sulfonamides is 1. The highest BCUT2D eigenvalue weighted by Crippen LogP contribution is 2.12. The van der Waals surface area contributed by atoms with Gasteiger partial charge in [-0.1, -0.05) is 0 Å². The molecule has 8 heteroatoms. The molecule has 0 aliphatic carbocycles. The van der Waals surface area contributed by atoms with E-state index < -0.39 is 21.6 Å². The lowest BCUT2D eigenvalue weighted by molar-refractivity contribution is -0.137. The van der Waals surface area contributed by atoms with Crippen LogP contribution in [0.4, 0.5) is 0 Å². The molecule has 0 spiro atoms. The number of aliphatic carboxylic acids is 1. The standard InChI is InChI=1S/C12H24N2O5S/c1-12(2,17)10-13-5-7-14(8-6-13)20(18,19)9-3-4-11(15)16/h17H,3-10H2,1-2H3,(H,15,16). The second kappa shape index (κ2) is 6.84. The number of carboxylic acids is 1. The lowest BCUT2D eigenvalue weighted by Gasteiger charge is -2.36. The normalized spacial score (nSPS) is 19.1. The van der Waals surface area contributed by atoms with Gasteiger partial charge in [0.15, 0.2) is 0 Å². The summed E-state index contributed by atoms with van der Waals surface area (Å²) in [6.45, 7) is 5.92. The molecule has 0 saturated carbocycles. The molecule has 0 aromatic heterocycles. The van der Waals surface area contributed by atoms with Crippen molar-refractivity contribution in [2.45, 2.75) is 32.3 Å². The van der Waals surface area contributed by atoms with Crippen molar-refractivity contribution in [3.63, 3.8) is 0 Å². The number of hydrogen-bond acceptors (Lipinski definition) is 5. The number of carboxylic acid groups (broad SMARTS) is 1. The van der Waals surface area contributed by atoms with Gasteiger partial charge in [0, 0.05) is 39.1 Å². The van der Waals surface area contributed by atoms with Crippen LogP contribution in [0.5, 0.6) is 0 Å². The Morgan fingerprint density at radius 3 is 2.20 bits per heavy atom. The summed E-state index contributed by atoms with van der Waals surface area (Å²) >= 11 is 0. The number of nitrogens with zero attached hydrogens (tertiary/aromatic N) is 2. The van der Waals surface area contributed by atoms with E-state index in [9.17, 15) is 18.3 Å². The highest BCUT2D eigenvalue weighted by Gasteiger charge is 2.28. The zero-order chi connectivity index (χ0) is 15.4. The third-order valence-corrected chi connectivity index (χ3v) is 5.08. The van der Waals surface area contributed by atoms with Crippen molar-refractivity contribution >= 4 is 16.0 Å². The summed E-state index contributed by atoms with van der Waals surface area (Å²) in [5, 5.41) is 18.3. The molecule has 0 atom stereocenters. The Morgan fingerprint density at radius 2 is 1.75 bits per heavy atom. The molecule has 2 N–H and O–H groups in total. The second-order valence-electron chi connectivity index (χ2n) is 5.80. The molecule has 0 unspecified atom stereocenters. The largest absolute Gasteiger partial charge is 0.481 e. The van der Waals surface area contributed by atoms with Crippen molar-refractivity contribution in [3.8, 4) is 0 Å². The van der Waals surface area contributed by atoms with Crippen LogP contribution in [0.3, 0.4) is 0 Å². The molecule has 0 aromatic rings. The van der Waals surface area contributed by atoms with E-state index in [1.165, 1.54) is 4.31 Å². The fourth-order valence-corrected chi connectivity index (χ4v) is 3.73. The third-order valence-electron chi connectivity index (χ3n) is 3.13. The fourth-order valence-electron chi connectivity index (χ4n) is 2.25. The van der Waals surface area contributed by atoms with E-state index in [1.807, 2.05) is 4.90 Å². The predicted molar refractivity (Wildman–Crippen MR) is 75.0 cm³/mol. The second-order valence-corrected chi connectivity index (χ2v) is 7.89. The number of carbonyl (C=O) groups is 1. The van der Waals surface area contributed by atoms with Crippen LogP contribution < -0.4 is 0 Å². The van der Waals surface area contributed by atoms with Crippen LogP contribution in [0, 0.1) is 0 Å². The quantitative estimate of drug-likeness (QED) is 0.662. The maximum Gasteiger partial charge on any atom is 0.303 e. The first-order valence-corrected chi connectivity index (χ1v) is 8.35. The maximum atomic E-state index is 12.0. The summed E-state index contributed by atoms with van der Waals surface area (Å²) in [5.74, 6) is -1.10. The smallest absolute Gasteiger partial charge is 0.303 e.